The van der Waals surface area contributed by atoms with Gasteiger partial charge in [-0.1, -0.05) is 6.07 Å². The van der Waals surface area contributed by atoms with Crippen LogP contribution < -0.4 is 10.1 Å². The van der Waals surface area contributed by atoms with Crippen molar-refractivity contribution in [3.8, 4) is 5.75 Å². The first kappa shape index (κ1) is 14.9. The Morgan fingerprint density at radius 2 is 1.86 bits per heavy atom. The molecule has 1 aromatic rings. The van der Waals surface area contributed by atoms with Gasteiger partial charge in [-0.2, -0.15) is 0 Å². The minimum absolute atomic E-state index is 0.145. The van der Waals surface area contributed by atoms with Crippen LogP contribution in [0.3, 0.4) is 0 Å². The second-order valence-corrected chi connectivity index (χ2v) is 6.22. The molecule has 0 heterocycles. The van der Waals surface area contributed by atoms with E-state index in [1.165, 1.54) is 24.0 Å². The second-order valence-electron chi connectivity index (χ2n) is 6.22. The van der Waals surface area contributed by atoms with E-state index < -0.39 is 11.5 Å². The largest absolute Gasteiger partial charge is 0.484 e. The van der Waals surface area contributed by atoms with Crippen molar-refractivity contribution in [1.82, 2.24) is 5.32 Å². The Kier molecular flexibility index (Phi) is 4.05. The summed E-state index contributed by atoms with van der Waals surface area (Å²) < 4.78 is 5.52. The van der Waals surface area contributed by atoms with Gasteiger partial charge in [-0.3, -0.25) is 4.79 Å². The maximum atomic E-state index is 11.9. The number of carbonyl (C=O) groups is 2. The standard InChI is InChI=1S/C17H21NO4/c19-15(18-17(16(20)21)8-3-9-17)11-22-14-7-6-12-4-1-2-5-13(12)10-14/h6-7,10H,1-5,8-9,11H2,(H,18,19)(H,20,21). The molecule has 0 saturated heterocycles. The molecule has 2 aliphatic carbocycles. The number of carbonyl (C=O) groups excluding carboxylic acids is 1. The van der Waals surface area contributed by atoms with Crippen LogP contribution in [0.2, 0.25) is 0 Å². The van der Waals surface area contributed by atoms with Gasteiger partial charge in [0, 0.05) is 0 Å². The van der Waals surface area contributed by atoms with Gasteiger partial charge in [-0.05, 0) is 68.2 Å². The Labute approximate surface area is 129 Å². The molecule has 0 aliphatic heterocycles. The quantitative estimate of drug-likeness (QED) is 0.873. The van der Waals surface area contributed by atoms with Crippen LogP contribution in [-0.4, -0.2) is 29.1 Å². The number of nitrogens with one attached hydrogen (secondary N) is 1. The third kappa shape index (κ3) is 2.93. The summed E-state index contributed by atoms with van der Waals surface area (Å²) in [5, 5.41) is 11.8. The van der Waals surface area contributed by atoms with Gasteiger partial charge in [0.25, 0.3) is 5.91 Å². The molecule has 2 N–H and O–H groups in total. The summed E-state index contributed by atoms with van der Waals surface area (Å²) in [5.41, 5.74) is 1.59. The van der Waals surface area contributed by atoms with E-state index in [2.05, 4.69) is 11.4 Å². The highest BCUT2D eigenvalue weighted by atomic mass is 16.5. The highest BCUT2D eigenvalue weighted by Crippen LogP contribution is 2.32. The molecule has 0 bridgehead atoms. The number of carboxylic acids is 1. The highest BCUT2D eigenvalue weighted by Gasteiger charge is 2.45. The lowest BCUT2D eigenvalue weighted by Gasteiger charge is -2.38. The number of aryl methyl sites for hydroxylation is 2. The van der Waals surface area contributed by atoms with Crippen LogP contribution in [0.25, 0.3) is 0 Å². The Morgan fingerprint density at radius 3 is 2.50 bits per heavy atom. The minimum Gasteiger partial charge on any atom is -0.484 e. The summed E-state index contributed by atoms with van der Waals surface area (Å²) in [6.45, 7) is -0.145. The maximum Gasteiger partial charge on any atom is 0.329 e. The first-order valence-corrected chi connectivity index (χ1v) is 7.88. The monoisotopic (exact) mass is 303 g/mol. The van der Waals surface area contributed by atoms with Gasteiger partial charge < -0.3 is 15.2 Å². The van der Waals surface area contributed by atoms with Crippen molar-refractivity contribution in [2.45, 2.75) is 50.5 Å². The summed E-state index contributed by atoms with van der Waals surface area (Å²) in [6.07, 6.45) is 6.40. The van der Waals surface area contributed by atoms with E-state index in [0.29, 0.717) is 18.6 Å². The van der Waals surface area contributed by atoms with Crippen molar-refractivity contribution in [2.24, 2.45) is 0 Å². The lowest BCUT2D eigenvalue weighted by Crippen LogP contribution is -2.59. The molecule has 5 nitrogen and oxygen atoms in total. The zero-order chi connectivity index (χ0) is 15.6. The number of carboxylic acid groups (broad SMARTS) is 1. The van der Waals surface area contributed by atoms with E-state index in [1.807, 2.05) is 12.1 Å². The normalized spacial score (nSPS) is 18.7. The molecule has 0 radical (unpaired) electrons. The molecular formula is C17H21NO4. The minimum atomic E-state index is -1.07. The molecule has 0 unspecified atom stereocenters. The van der Waals surface area contributed by atoms with Gasteiger partial charge in [0.05, 0.1) is 0 Å². The van der Waals surface area contributed by atoms with Gasteiger partial charge in [0.15, 0.2) is 6.61 Å². The summed E-state index contributed by atoms with van der Waals surface area (Å²) in [7, 11) is 0. The fraction of sp³-hybridized carbons (Fsp3) is 0.529. The van der Waals surface area contributed by atoms with Crippen molar-refractivity contribution in [3.05, 3.63) is 29.3 Å². The average molecular weight is 303 g/mol. The van der Waals surface area contributed by atoms with E-state index >= 15 is 0 Å². The van der Waals surface area contributed by atoms with Crippen molar-refractivity contribution in [3.63, 3.8) is 0 Å². The third-order valence-corrected chi connectivity index (χ3v) is 4.69. The Morgan fingerprint density at radius 1 is 1.14 bits per heavy atom. The van der Waals surface area contributed by atoms with Crippen LogP contribution in [0.15, 0.2) is 18.2 Å². The SMILES string of the molecule is O=C(COc1ccc2c(c1)CCCC2)NC1(C(=O)O)CCC1. The zero-order valence-electron chi connectivity index (χ0n) is 12.6. The van der Waals surface area contributed by atoms with Crippen molar-refractivity contribution < 1.29 is 19.4 Å². The first-order chi connectivity index (χ1) is 10.6. The van der Waals surface area contributed by atoms with Gasteiger partial charge in [0.2, 0.25) is 0 Å². The molecule has 1 amide bonds. The number of benzene rings is 1. The first-order valence-electron chi connectivity index (χ1n) is 7.88. The van der Waals surface area contributed by atoms with Crippen molar-refractivity contribution >= 4 is 11.9 Å². The molecule has 0 aromatic heterocycles. The van der Waals surface area contributed by atoms with Crippen LogP contribution in [0.5, 0.6) is 5.75 Å². The molecule has 5 heteroatoms. The van der Waals surface area contributed by atoms with Crippen LogP contribution in [-0.2, 0) is 22.4 Å². The smallest absolute Gasteiger partial charge is 0.329 e. The van der Waals surface area contributed by atoms with Crippen LogP contribution in [0.1, 0.15) is 43.2 Å². The molecule has 118 valence electrons. The summed E-state index contributed by atoms with van der Waals surface area (Å²) in [4.78, 5) is 23.1. The number of hydrogen-bond acceptors (Lipinski definition) is 3. The molecule has 0 spiro atoms. The number of fused-ring (bicyclic) bond motifs is 1. The van der Waals surface area contributed by atoms with E-state index in [0.717, 1.165) is 19.3 Å². The maximum absolute atomic E-state index is 11.9. The number of aliphatic carboxylic acids is 1. The van der Waals surface area contributed by atoms with Crippen LogP contribution in [0.4, 0.5) is 0 Å². The number of amides is 1. The predicted octanol–water partition coefficient (Wildman–Crippen LogP) is 2.07. The van der Waals surface area contributed by atoms with E-state index in [9.17, 15) is 14.7 Å². The predicted molar refractivity (Wildman–Crippen MR) is 80.9 cm³/mol. The van der Waals surface area contributed by atoms with Gasteiger partial charge in [0.1, 0.15) is 11.3 Å². The summed E-state index contributed by atoms with van der Waals surface area (Å²) >= 11 is 0. The second kappa shape index (κ2) is 5.99. The highest BCUT2D eigenvalue weighted by molar-refractivity contribution is 5.88. The van der Waals surface area contributed by atoms with Gasteiger partial charge in [-0.15, -0.1) is 0 Å². The Bertz CT molecular complexity index is 592. The number of hydrogen-bond donors (Lipinski definition) is 2. The molecule has 2 aliphatic rings. The molecule has 1 saturated carbocycles. The van der Waals surface area contributed by atoms with Crippen LogP contribution >= 0.6 is 0 Å². The molecule has 1 fully saturated rings. The van der Waals surface area contributed by atoms with Crippen molar-refractivity contribution in [2.75, 3.05) is 6.61 Å². The summed E-state index contributed by atoms with van der Waals surface area (Å²) in [5.74, 6) is -0.658. The molecule has 3 rings (SSSR count). The molecule has 0 atom stereocenters. The number of ether oxygens (including phenoxy) is 1. The van der Waals surface area contributed by atoms with E-state index in [1.54, 1.807) is 0 Å². The fourth-order valence-corrected chi connectivity index (χ4v) is 3.17. The topological polar surface area (TPSA) is 75.6 Å². The van der Waals surface area contributed by atoms with Crippen LogP contribution in [0, 0.1) is 0 Å². The fourth-order valence-electron chi connectivity index (χ4n) is 3.17. The molecular weight excluding hydrogens is 282 g/mol. The zero-order valence-corrected chi connectivity index (χ0v) is 12.6. The molecule has 22 heavy (non-hydrogen) atoms. The lowest BCUT2D eigenvalue weighted by atomic mass is 9.77. The third-order valence-electron chi connectivity index (χ3n) is 4.69. The molecule has 1 aromatic carbocycles. The van der Waals surface area contributed by atoms with Gasteiger partial charge >= 0.3 is 5.97 Å². The van der Waals surface area contributed by atoms with Crippen molar-refractivity contribution in [1.29, 1.82) is 0 Å². The Balaban J connectivity index is 1.56. The summed E-state index contributed by atoms with van der Waals surface area (Å²) in [6, 6.07) is 5.94. The lowest BCUT2D eigenvalue weighted by molar-refractivity contribution is -0.152. The Hall–Kier alpha value is -2.04. The van der Waals surface area contributed by atoms with Gasteiger partial charge in [-0.25, -0.2) is 4.79 Å². The van der Waals surface area contributed by atoms with E-state index in [4.69, 9.17) is 4.74 Å². The number of rotatable bonds is 5. The average Bonchev–Trinajstić information content (AvgIpc) is 2.48. The van der Waals surface area contributed by atoms with E-state index in [-0.39, 0.29) is 12.5 Å².